The molecular weight excluding hydrogens is 306 g/mol. The standard InChI is InChI=1S/C19H21NO4/c1-3-24-19(23)14-8-10-20(11-9-14)16-15(17(21)18(16)22)13-6-4-12(2)5-7-13/h4-7,14H,3,8-11H2,1-2H3. The summed E-state index contributed by atoms with van der Waals surface area (Å²) < 4.78 is 5.07. The monoisotopic (exact) mass is 327 g/mol. The van der Waals surface area contributed by atoms with E-state index in [1.807, 2.05) is 36.1 Å². The fourth-order valence-corrected chi connectivity index (χ4v) is 3.27. The van der Waals surface area contributed by atoms with E-state index in [0.29, 0.717) is 43.8 Å². The highest BCUT2D eigenvalue weighted by molar-refractivity contribution is 5.83. The summed E-state index contributed by atoms with van der Waals surface area (Å²) in [5.41, 5.74) is 2.07. The van der Waals surface area contributed by atoms with Crippen molar-refractivity contribution in [3.8, 4) is 11.1 Å². The number of benzene rings is 1. The van der Waals surface area contributed by atoms with Gasteiger partial charge in [0.05, 0.1) is 18.1 Å². The van der Waals surface area contributed by atoms with Gasteiger partial charge in [0.25, 0.3) is 0 Å². The third-order valence-corrected chi connectivity index (χ3v) is 4.66. The van der Waals surface area contributed by atoms with Gasteiger partial charge < -0.3 is 9.64 Å². The van der Waals surface area contributed by atoms with Gasteiger partial charge in [-0.05, 0) is 32.3 Å². The number of hydrogen-bond acceptors (Lipinski definition) is 5. The van der Waals surface area contributed by atoms with Gasteiger partial charge >= 0.3 is 5.97 Å². The van der Waals surface area contributed by atoms with Crippen LogP contribution in [-0.2, 0) is 9.53 Å². The van der Waals surface area contributed by atoms with Crippen LogP contribution in [-0.4, -0.2) is 25.7 Å². The molecule has 0 unspecified atom stereocenters. The van der Waals surface area contributed by atoms with Crippen LogP contribution in [0.25, 0.3) is 11.1 Å². The van der Waals surface area contributed by atoms with Gasteiger partial charge in [-0.3, -0.25) is 14.4 Å². The SMILES string of the molecule is CCOC(=O)C1CCN(c2c(-c3ccc(C)cc3)c(=O)c2=O)CC1. The van der Waals surface area contributed by atoms with E-state index in [2.05, 4.69) is 0 Å². The molecule has 5 nitrogen and oxygen atoms in total. The number of aryl methyl sites for hydroxylation is 1. The molecule has 0 bridgehead atoms. The highest BCUT2D eigenvalue weighted by atomic mass is 16.5. The highest BCUT2D eigenvalue weighted by Gasteiger charge is 2.32. The number of ether oxygens (including phenoxy) is 1. The molecule has 0 spiro atoms. The van der Waals surface area contributed by atoms with E-state index in [1.54, 1.807) is 6.92 Å². The van der Waals surface area contributed by atoms with Crippen LogP contribution in [0.5, 0.6) is 0 Å². The second kappa shape index (κ2) is 6.59. The van der Waals surface area contributed by atoms with Crippen LogP contribution in [0.3, 0.4) is 0 Å². The van der Waals surface area contributed by atoms with Crippen LogP contribution in [0.4, 0.5) is 5.69 Å². The first-order valence-corrected chi connectivity index (χ1v) is 8.34. The van der Waals surface area contributed by atoms with E-state index in [9.17, 15) is 14.4 Å². The first-order valence-electron chi connectivity index (χ1n) is 8.34. The van der Waals surface area contributed by atoms with Crippen molar-refractivity contribution < 1.29 is 9.53 Å². The van der Waals surface area contributed by atoms with Gasteiger partial charge in [-0.15, -0.1) is 0 Å². The van der Waals surface area contributed by atoms with Gasteiger partial charge in [-0.2, -0.15) is 0 Å². The number of esters is 1. The quantitative estimate of drug-likeness (QED) is 0.635. The van der Waals surface area contributed by atoms with Crippen molar-refractivity contribution >= 4 is 11.7 Å². The topological polar surface area (TPSA) is 63.7 Å². The molecule has 2 aromatic carbocycles. The Morgan fingerprint density at radius 1 is 1.12 bits per heavy atom. The van der Waals surface area contributed by atoms with Crippen LogP contribution in [0.1, 0.15) is 25.3 Å². The molecule has 0 aromatic heterocycles. The lowest BCUT2D eigenvalue weighted by molar-refractivity contribution is -0.148. The van der Waals surface area contributed by atoms with E-state index in [1.165, 1.54) is 0 Å². The van der Waals surface area contributed by atoms with Crippen LogP contribution in [0.2, 0.25) is 0 Å². The molecule has 0 aliphatic carbocycles. The van der Waals surface area contributed by atoms with Crippen molar-refractivity contribution in [3.63, 3.8) is 0 Å². The number of piperidine rings is 1. The number of nitrogens with zero attached hydrogens (tertiary/aromatic N) is 1. The molecule has 3 rings (SSSR count). The zero-order valence-corrected chi connectivity index (χ0v) is 14.0. The van der Waals surface area contributed by atoms with Crippen LogP contribution in [0, 0.1) is 12.8 Å². The summed E-state index contributed by atoms with van der Waals surface area (Å²) in [7, 11) is 0. The van der Waals surface area contributed by atoms with Gasteiger partial charge in [0.15, 0.2) is 0 Å². The summed E-state index contributed by atoms with van der Waals surface area (Å²) in [6, 6.07) is 7.62. The maximum Gasteiger partial charge on any atom is 0.309 e. The summed E-state index contributed by atoms with van der Waals surface area (Å²) in [5, 5.41) is 0. The molecule has 1 heterocycles. The Balaban J connectivity index is 1.79. The number of carbonyl (C=O) groups excluding carboxylic acids is 1. The lowest BCUT2D eigenvalue weighted by Gasteiger charge is -2.34. The summed E-state index contributed by atoms with van der Waals surface area (Å²) >= 11 is 0. The minimum absolute atomic E-state index is 0.115. The molecule has 2 aromatic rings. The Labute approximate surface area is 140 Å². The molecule has 126 valence electrons. The van der Waals surface area contributed by atoms with E-state index in [-0.39, 0.29) is 11.9 Å². The largest absolute Gasteiger partial charge is 0.466 e. The van der Waals surface area contributed by atoms with Crippen molar-refractivity contribution in [2.75, 3.05) is 24.6 Å². The number of anilines is 1. The summed E-state index contributed by atoms with van der Waals surface area (Å²) in [6.07, 6.45) is 1.29. The summed E-state index contributed by atoms with van der Waals surface area (Å²) in [4.78, 5) is 37.9. The first-order chi connectivity index (χ1) is 11.5. The molecule has 5 heteroatoms. The Morgan fingerprint density at radius 2 is 1.75 bits per heavy atom. The van der Waals surface area contributed by atoms with Crippen molar-refractivity contribution in [2.24, 2.45) is 5.92 Å². The van der Waals surface area contributed by atoms with Gasteiger partial charge in [-0.1, -0.05) is 29.8 Å². The maximum absolute atomic E-state index is 12.1. The molecule has 0 amide bonds. The molecule has 0 saturated carbocycles. The van der Waals surface area contributed by atoms with E-state index in [0.717, 1.165) is 11.1 Å². The molecule has 1 aliphatic heterocycles. The first kappa shape index (κ1) is 16.4. The molecule has 1 saturated heterocycles. The zero-order valence-electron chi connectivity index (χ0n) is 14.0. The average Bonchev–Trinajstić information content (AvgIpc) is 2.60. The predicted molar refractivity (Wildman–Crippen MR) is 93.1 cm³/mol. The lowest BCUT2D eigenvalue weighted by Crippen LogP contribution is -2.46. The molecule has 0 atom stereocenters. The zero-order chi connectivity index (χ0) is 17.3. The van der Waals surface area contributed by atoms with Crippen LogP contribution >= 0.6 is 0 Å². The molecular formula is C19H21NO4. The van der Waals surface area contributed by atoms with Crippen LogP contribution in [0.15, 0.2) is 33.9 Å². The summed E-state index contributed by atoms with van der Waals surface area (Å²) in [5.74, 6) is -0.281. The number of hydrogen-bond donors (Lipinski definition) is 0. The molecule has 0 N–H and O–H groups in total. The number of carbonyl (C=O) groups is 1. The second-order valence-electron chi connectivity index (χ2n) is 6.26. The van der Waals surface area contributed by atoms with E-state index < -0.39 is 10.9 Å². The minimum Gasteiger partial charge on any atom is -0.466 e. The van der Waals surface area contributed by atoms with E-state index >= 15 is 0 Å². The van der Waals surface area contributed by atoms with Crippen molar-refractivity contribution in [1.29, 1.82) is 0 Å². The number of rotatable bonds is 4. The third kappa shape index (κ3) is 2.86. The average molecular weight is 327 g/mol. The fraction of sp³-hybridized carbons (Fsp3) is 0.421. The Bertz CT molecular complexity index is 807. The second-order valence-corrected chi connectivity index (χ2v) is 6.26. The molecule has 1 fully saturated rings. The van der Waals surface area contributed by atoms with Gasteiger partial charge in [0.1, 0.15) is 5.69 Å². The Kier molecular flexibility index (Phi) is 4.51. The van der Waals surface area contributed by atoms with Crippen molar-refractivity contribution in [1.82, 2.24) is 0 Å². The lowest BCUT2D eigenvalue weighted by atomic mass is 9.92. The Morgan fingerprint density at radius 3 is 2.33 bits per heavy atom. The van der Waals surface area contributed by atoms with Gasteiger partial charge in [0, 0.05) is 13.1 Å². The molecule has 0 radical (unpaired) electrons. The van der Waals surface area contributed by atoms with Gasteiger partial charge in [-0.25, -0.2) is 0 Å². The molecule has 1 aliphatic rings. The Hall–Kier alpha value is -2.43. The predicted octanol–water partition coefficient (Wildman–Crippen LogP) is 2.04. The molecule has 24 heavy (non-hydrogen) atoms. The smallest absolute Gasteiger partial charge is 0.309 e. The van der Waals surface area contributed by atoms with Crippen molar-refractivity contribution in [3.05, 3.63) is 50.3 Å². The fourth-order valence-electron chi connectivity index (χ4n) is 3.27. The van der Waals surface area contributed by atoms with Crippen molar-refractivity contribution in [2.45, 2.75) is 26.7 Å². The minimum atomic E-state index is -0.417. The highest BCUT2D eigenvalue weighted by Crippen LogP contribution is 2.30. The maximum atomic E-state index is 12.1. The van der Waals surface area contributed by atoms with Crippen LogP contribution < -0.4 is 15.8 Å². The third-order valence-electron chi connectivity index (χ3n) is 4.66. The van der Waals surface area contributed by atoms with E-state index in [4.69, 9.17) is 4.74 Å². The van der Waals surface area contributed by atoms with Gasteiger partial charge in [0.2, 0.25) is 10.9 Å². The summed E-state index contributed by atoms with van der Waals surface area (Å²) in [6.45, 7) is 5.34. The normalized spacial score (nSPS) is 15.7.